The molecule has 0 aliphatic heterocycles. The molecule has 2 heterocycles. The van der Waals surface area contributed by atoms with E-state index in [-0.39, 0.29) is 5.92 Å². The number of rotatable bonds is 10. The zero-order valence-corrected chi connectivity index (χ0v) is 22.2. The zero-order valence-electron chi connectivity index (χ0n) is 22.2. The maximum atomic E-state index is 2.45. The van der Waals surface area contributed by atoms with E-state index in [0.29, 0.717) is 0 Å². The monoisotopic (exact) mass is 477 g/mol. The fourth-order valence-corrected chi connectivity index (χ4v) is 5.86. The molecule has 3 nitrogen and oxygen atoms in total. The Bertz CT molecular complexity index is 1350. The molecule has 0 unspecified atom stereocenters. The minimum atomic E-state index is 0.168. The van der Waals surface area contributed by atoms with E-state index < -0.39 is 0 Å². The fourth-order valence-electron chi connectivity index (χ4n) is 5.86. The normalized spacial score (nSPS) is 11.7. The third-order valence-electron chi connectivity index (χ3n) is 7.54. The lowest BCUT2D eigenvalue weighted by Gasteiger charge is -2.23. The first-order valence-electron chi connectivity index (χ1n) is 13.7. The Kier molecular flexibility index (Phi) is 7.18. The van der Waals surface area contributed by atoms with Crippen LogP contribution in [0.4, 0.5) is 5.69 Å². The molecule has 2 aromatic heterocycles. The summed E-state index contributed by atoms with van der Waals surface area (Å²) in [6.07, 6.45) is 7.08. The molecule has 186 valence electrons. The van der Waals surface area contributed by atoms with Crippen LogP contribution in [0.15, 0.2) is 85.2 Å². The summed E-state index contributed by atoms with van der Waals surface area (Å²) in [7, 11) is 0. The largest absolute Gasteiger partial charge is 0.372 e. The van der Waals surface area contributed by atoms with Crippen LogP contribution in [0.2, 0.25) is 0 Å². The van der Waals surface area contributed by atoms with Crippen molar-refractivity contribution in [1.82, 2.24) is 9.13 Å². The topological polar surface area (TPSA) is 13.1 Å². The zero-order chi connectivity index (χ0) is 25.1. The molecule has 5 aromatic rings. The summed E-state index contributed by atoms with van der Waals surface area (Å²) in [6.45, 7) is 13.1. The summed E-state index contributed by atoms with van der Waals surface area (Å²) >= 11 is 0. The van der Waals surface area contributed by atoms with E-state index >= 15 is 0 Å². The molecule has 0 N–H and O–H groups in total. The van der Waals surface area contributed by atoms with Crippen molar-refractivity contribution in [3.63, 3.8) is 0 Å². The molecule has 0 aliphatic rings. The van der Waals surface area contributed by atoms with Crippen molar-refractivity contribution in [3.8, 4) is 0 Å². The van der Waals surface area contributed by atoms with Crippen molar-refractivity contribution < 1.29 is 0 Å². The van der Waals surface area contributed by atoms with Crippen molar-refractivity contribution >= 4 is 27.5 Å². The first-order valence-corrected chi connectivity index (χ1v) is 13.7. The van der Waals surface area contributed by atoms with Crippen LogP contribution in [0.5, 0.6) is 0 Å². The van der Waals surface area contributed by atoms with Gasteiger partial charge in [0.1, 0.15) is 0 Å². The Morgan fingerprint density at radius 3 is 1.53 bits per heavy atom. The van der Waals surface area contributed by atoms with Gasteiger partial charge in [0, 0.05) is 72.0 Å². The Morgan fingerprint density at radius 1 is 0.611 bits per heavy atom. The van der Waals surface area contributed by atoms with Gasteiger partial charge in [-0.1, -0.05) is 62.4 Å². The van der Waals surface area contributed by atoms with Gasteiger partial charge in [0.15, 0.2) is 0 Å². The van der Waals surface area contributed by atoms with Gasteiger partial charge < -0.3 is 14.0 Å². The van der Waals surface area contributed by atoms with Gasteiger partial charge in [-0.2, -0.15) is 0 Å². The molecular formula is C33H39N3. The molecule has 0 saturated carbocycles. The van der Waals surface area contributed by atoms with Crippen LogP contribution in [0.1, 0.15) is 63.1 Å². The summed E-state index contributed by atoms with van der Waals surface area (Å²) < 4.78 is 4.90. The number of nitrogens with zero attached hydrogens (tertiary/aromatic N) is 3. The van der Waals surface area contributed by atoms with Crippen LogP contribution < -0.4 is 4.90 Å². The second kappa shape index (κ2) is 10.7. The lowest BCUT2D eigenvalue weighted by Crippen LogP contribution is -2.21. The molecular weight excluding hydrogens is 438 g/mol. The Balaban J connectivity index is 1.75. The van der Waals surface area contributed by atoms with Gasteiger partial charge in [-0.05, 0) is 67.6 Å². The number of hydrogen-bond acceptors (Lipinski definition) is 1. The van der Waals surface area contributed by atoms with Crippen molar-refractivity contribution in [2.45, 2.75) is 59.5 Å². The van der Waals surface area contributed by atoms with Crippen LogP contribution >= 0.6 is 0 Å². The van der Waals surface area contributed by atoms with Gasteiger partial charge in [0.05, 0.1) is 0 Å². The van der Waals surface area contributed by atoms with Crippen LogP contribution in [-0.4, -0.2) is 22.2 Å². The predicted molar refractivity (Wildman–Crippen MR) is 155 cm³/mol. The third kappa shape index (κ3) is 4.32. The number of benzene rings is 3. The van der Waals surface area contributed by atoms with Crippen molar-refractivity contribution in [3.05, 3.63) is 102 Å². The first-order chi connectivity index (χ1) is 17.7. The average molecular weight is 478 g/mol. The minimum Gasteiger partial charge on any atom is -0.372 e. The molecule has 3 heteroatoms. The highest BCUT2D eigenvalue weighted by atomic mass is 15.1. The van der Waals surface area contributed by atoms with E-state index in [9.17, 15) is 0 Å². The molecule has 0 amide bonds. The van der Waals surface area contributed by atoms with Crippen LogP contribution in [0.25, 0.3) is 21.8 Å². The molecule has 0 fully saturated rings. The second-order valence-corrected chi connectivity index (χ2v) is 9.79. The maximum absolute atomic E-state index is 2.45. The molecule has 0 spiro atoms. The van der Waals surface area contributed by atoms with Gasteiger partial charge in [0.2, 0.25) is 0 Å². The van der Waals surface area contributed by atoms with E-state index in [4.69, 9.17) is 0 Å². The van der Waals surface area contributed by atoms with E-state index in [1.165, 1.54) is 44.2 Å². The summed E-state index contributed by atoms with van der Waals surface area (Å²) in [5.74, 6) is 0.168. The molecule has 0 radical (unpaired) electrons. The number of para-hydroxylation sites is 2. The van der Waals surface area contributed by atoms with E-state index in [2.05, 4.69) is 127 Å². The van der Waals surface area contributed by atoms with Crippen molar-refractivity contribution in [2.75, 3.05) is 18.0 Å². The molecule has 36 heavy (non-hydrogen) atoms. The lowest BCUT2D eigenvalue weighted by atomic mass is 9.84. The van der Waals surface area contributed by atoms with Gasteiger partial charge in [-0.15, -0.1) is 0 Å². The standard InChI is InChI=1S/C33H39N3/c1-5-21-35-23-29(27-13-9-11-15-31(27)35)33(25-17-19-26(20-18-25)34(7-3)8-4)30-24-36(22-6-2)32-16-12-10-14-28(30)32/h9-20,23-24,33H,5-8,21-22H2,1-4H3. The highest BCUT2D eigenvalue weighted by molar-refractivity contribution is 5.90. The number of hydrogen-bond donors (Lipinski definition) is 0. The number of fused-ring (bicyclic) bond motifs is 2. The number of aryl methyl sites for hydroxylation is 2. The van der Waals surface area contributed by atoms with Crippen LogP contribution in [0, 0.1) is 0 Å². The smallest absolute Gasteiger partial charge is 0.0483 e. The summed E-state index contributed by atoms with van der Waals surface area (Å²) in [5.41, 5.74) is 8.10. The van der Waals surface area contributed by atoms with Crippen LogP contribution in [-0.2, 0) is 13.1 Å². The summed E-state index contributed by atoms with van der Waals surface area (Å²) in [6, 6.07) is 27.2. The van der Waals surface area contributed by atoms with Gasteiger partial charge in [-0.3, -0.25) is 0 Å². The third-order valence-corrected chi connectivity index (χ3v) is 7.54. The second-order valence-electron chi connectivity index (χ2n) is 9.79. The predicted octanol–water partition coefficient (Wildman–Crippen LogP) is 8.44. The highest BCUT2D eigenvalue weighted by Gasteiger charge is 2.25. The van der Waals surface area contributed by atoms with E-state index in [0.717, 1.165) is 39.0 Å². The average Bonchev–Trinajstić information content (AvgIpc) is 3.46. The van der Waals surface area contributed by atoms with Crippen molar-refractivity contribution in [2.24, 2.45) is 0 Å². The maximum Gasteiger partial charge on any atom is 0.0483 e. The Hall–Kier alpha value is -3.46. The number of aromatic nitrogens is 2. The summed E-state index contributed by atoms with van der Waals surface area (Å²) in [4.78, 5) is 2.42. The molecule has 5 rings (SSSR count). The quantitative estimate of drug-likeness (QED) is 0.197. The summed E-state index contributed by atoms with van der Waals surface area (Å²) in [5, 5.41) is 2.71. The molecule has 0 bridgehead atoms. The fraction of sp³-hybridized carbons (Fsp3) is 0.333. The van der Waals surface area contributed by atoms with E-state index in [1.54, 1.807) is 0 Å². The molecule has 0 saturated heterocycles. The van der Waals surface area contributed by atoms with Gasteiger partial charge in [-0.25, -0.2) is 0 Å². The minimum absolute atomic E-state index is 0.168. The molecule has 3 aromatic carbocycles. The van der Waals surface area contributed by atoms with Crippen LogP contribution in [0.3, 0.4) is 0 Å². The SMILES string of the molecule is CCCn1cc(C(c2ccc(N(CC)CC)cc2)c2cn(CCC)c3ccccc23)c2ccccc21. The Labute approximate surface area is 216 Å². The first kappa shape index (κ1) is 24.2. The van der Waals surface area contributed by atoms with E-state index in [1.807, 2.05) is 0 Å². The molecule has 0 aliphatic carbocycles. The van der Waals surface area contributed by atoms with Crippen molar-refractivity contribution in [1.29, 1.82) is 0 Å². The number of anilines is 1. The van der Waals surface area contributed by atoms with Gasteiger partial charge >= 0.3 is 0 Å². The lowest BCUT2D eigenvalue weighted by molar-refractivity contribution is 0.696. The van der Waals surface area contributed by atoms with Gasteiger partial charge in [0.25, 0.3) is 0 Å². The highest BCUT2D eigenvalue weighted by Crippen LogP contribution is 2.41. The Morgan fingerprint density at radius 2 is 1.08 bits per heavy atom. The molecule has 0 atom stereocenters.